The summed E-state index contributed by atoms with van der Waals surface area (Å²) in [7, 11) is -0.635. The number of nitrogens with zero attached hydrogens (tertiary/aromatic N) is 3. The molecule has 0 spiro atoms. The van der Waals surface area contributed by atoms with Crippen molar-refractivity contribution in [3.05, 3.63) is 53.8 Å². The van der Waals surface area contributed by atoms with Crippen molar-refractivity contribution in [3.8, 4) is 0 Å². The Labute approximate surface area is 415 Å². The maximum Gasteiger partial charge on any atom is 0.330 e. The number of aliphatic hydroxyl groups is 4. The quantitative estimate of drug-likeness (QED) is 0.151. The van der Waals surface area contributed by atoms with Gasteiger partial charge < -0.3 is 69.5 Å². The van der Waals surface area contributed by atoms with E-state index in [0.29, 0.717) is 18.7 Å². The van der Waals surface area contributed by atoms with Crippen LogP contribution in [0.5, 0.6) is 0 Å². The summed E-state index contributed by atoms with van der Waals surface area (Å²) in [6.07, 6.45) is 1.10. The number of carbonyl (C=O) groups is 5. The number of hydrogen-bond acceptors (Lipinski definition) is 20. The van der Waals surface area contributed by atoms with E-state index in [2.05, 4.69) is 20.9 Å². The molecule has 2 amide bonds. The molecule has 71 heavy (non-hydrogen) atoms. The molecule has 22 nitrogen and oxygen atoms in total. The normalized spacial score (nSPS) is 36.3. The molecule has 23 heteroatoms. The molecule has 5 aliphatic rings. The van der Waals surface area contributed by atoms with Gasteiger partial charge in [-0.1, -0.05) is 64.5 Å². The number of aromatic nitrogens is 1. The van der Waals surface area contributed by atoms with Crippen LogP contribution in [-0.2, 0) is 54.4 Å². The standard InChI is InChI=1S/C34H50N4O9S.C14H24N2O7/c1-7-37(8-2)16-17-48(44,45)28-13-15-38-31(28)34(43)47-32(22(3)4)24(6)11-12-29(41)35-14-9-10-23(5)18-25(39)19-26(40)20-30-36-27(21-46-30)33(38)42;1-5-4-6(17)14(20)13(21-5)22-12-10(19)7(15-2)9(18)8(16-3)11(12)23-14/h9-12,18,21-22,24-25,28,31-32,39H,7-8,13-17,19-20H2,1-6H3,(H,35,41);5,7-13,15-16,18-20H,4H2,1-3H3/b10-9+,12-11+,23-18+;/t24-,25-,28-,31-,32-;5-,7-,8+,9+,10+,11-,12-,13+,14+/m11/s1. The first kappa shape index (κ1) is 57.6. The summed E-state index contributed by atoms with van der Waals surface area (Å²) in [6.45, 7) is 14.6. The van der Waals surface area contributed by atoms with E-state index >= 15 is 0 Å². The van der Waals surface area contributed by atoms with Crippen molar-refractivity contribution in [2.75, 3.05) is 52.6 Å². The van der Waals surface area contributed by atoms with E-state index in [0.717, 1.165) is 11.2 Å². The van der Waals surface area contributed by atoms with Crippen LogP contribution in [-0.4, -0.2) is 204 Å². The van der Waals surface area contributed by atoms with Gasteiger partial charge in [0.1, 0.15) is 42.5 Å². The fourth-order valence-electron chi connectivity index (χ4n) is 9.67. The molecule has 0 aromatic carbocycles. The first-order chi connectivity index (χ1) is 33.5. The zero-order chi connectivity index (χ0) is 52.5. The van der Waals surface area contributed by atoms with Crippen LogP contribution in [0.25, 0.3) is 0 Å². The highest BCUT2D eigenvalue weighted by Crippen LogP contribution is 2.40. The number of amides is 2. The number of oxazole rings is 1. The Bertz CT molecular complexity index is 2230. The van der Waals surface area contributed by atoms with E-state index in [1.165, 1.54) is 12.2 Å². The molecule has 0 unspecified atom stereocenters. The van der Waals surface area contributed by atoms with Crippen LogP contribution in [0.4, 0.5) is 0 Å². The molecule has 1 saturated carbocycles. The maximum absolute atomic E-state index is 14.0. The second kappa shape index (κ2) is 25.1. The Balaban J connectivity index is 0.000000337. The van der Waals surface area contributed by atoms with Crippen LogP contribution < -0.4 is 16.0 Å². The highest BCUT2D eigenvalue weighted by Gasteiger charge is 2.63. The molecule has 1 aromatic rings. The fourth-order valence-corrected chi connectivity index (χ4v) is 11.6. The second-order valence-corrected chi connectivity index (χ2v) is 21.4. The number of hydrogen-bond donors (Lipinski definition) is 7. The predicted octanol–water partition coefficient (Wildman–Crippen LogP) is -0.656. The second-order valence-electron chi connectivity index (χ2n) is 19.1. The van der Waals surface area contributed by atoms with Gasteiger partial charge in [-0.3, -0.25) is 19.2 Å². The molecule has 1 aromatic heterocycles. The average Bonchev–Trinajstić information content (AvgIpc) is 3.98. The number of likely N-dealkylation sites (N-methyl/N-ethyl adjacent to an activating group) is 2. The molecule has 398 valence electrons. The van der Waals surface area contributed by atoms with Gasteiger partial charge in [-0.25, -0.2) is 18.2 Å². The van der Waals surface area contributed by atoms with Crippen molar-refractivity contribution < 1.29 is 76.2 Å². The third kappa shape index (κ3) is 13.9. The van der Waals surface area contributed by atoms with Crippen molar-refractivity contribution in [2.45, 2.75) is 152 Å². The number of rotatable bonds is 9. The van der Waals surface area contributed by atoms with Crippen LogP contribution in [0.15, 0.2) is 46.6 Å². The number of allylic oxidation sites excluding steroid dienone is 2. The van der Waals surface area contributed by atoms with Gasteiger partial charge in [0.15, 0.2) is 21.3 Å². The molecular formula is C48H74N6O16S. The van der Waals surface area contributed by atoms with E-state index in [9.17, 15) is 52.8 Å². The fraction of sp³-hybridized carbons (Fsp3) is 0.708. The van der Waals surface area contributed by atoms with E-state index in [1.54, 1.807) is 53.1 Å². The predicted molar refractivity (Wildman–Crippen MR) is 256 cm³/mol. The summed E-state index contributed by atoms with van der Waals surface area (Å²) < 4.78 is 55.7. The summed E-state index contributed by atoms with van der Waals surface area (Å²) in [4.78, 5) is 72.5. The van der Waals surface area contributed by atoms with Gasteiger partial charge in [0.05, 0.1) is 47.8 Å². The summed E-state index contributed by atoms with van der Waals surface area (Å²) >= 11 is 0. The molecule has 5 heterocycles. The van der Waals surface area contributed by atoms with Crippen LogP contribution in [0.2, 0.25) is 0 Å². The lowest BCUT2D eigenvalue weighted by atomic mass is 9.80. The zero-order valence-electron chi connectivity index (χ0n) is 42.1. The molecule has 4 fully saturated rings. The average molecular weight is 1020 g/mol. The van der Waals surface area contributed by atoms with Gasteiger partial charge in [-0.2, -0.15) is 0 Å². The van der Waals surface area contributed by atoms with Gasteiger partial charge in [0, 0.05) is 38.4 Å². The molecule has 2 bridgehead atoms. The number of carbonyl (C=O) groups excluding carboxylic acids is 5. The summed E-state index contributed by atoms with van der Waals surface area (Å²) in [5, 5.41) is 49.2. The van der Waals surface area contributed by atoms with Gasteiger partial charge in [-0.05, 0) is 59.4 Å². The number of cyclic esters (lactones) is 1. The topological polar surface area (TPSA) is 306 Å². The van der Waals surface area contributed by atoms with Gasteiger partial charge in [-0.15, -0.1) is 0 Å². The Morgan fingerprint density at radius 2 is 1.66 bits per heavy atom. The summed E-state index contributed by atoms with van der Waals surface area (Å²) in [5.74, 6) is -5.99. The van der Waals surface area contributed by atoms with Gasteiger partial charge >= 0.3 is 5.97 Å². The van der Waals surface area contributed by atoms with Crippen molar-refractivity contribution in [2.24, 2.45) is 11.8 Å². The van der Waals surface area contributed by atoms with Crippen molar-refractivity contribution >= 4 is 39.2 Å². The number of aliphatic hydroxyl groups excluding tert-OH is 3. The number of sulfone groups is 1. The van der Waals surface area contributed by atoms with Crippen molar-refractivity contribution in [3.63, 3.8) is 0 Å². The Kier molecular flexibility index (Phi) is 20.4. The van der Waals surface area contributed by atoms with Crippen molar-refractivity contribution in [1.82, 2.24) is 30.7 Å². The number of nitrogens with one attached hydrogen (secondary N) is 3. The summed E-state index contributed by atoms with van der Waals surface area (Å²) in [6, 6.07) is -2.74. The SMILES string of the molecule is CCN(CC)CCS(=O)(=O)[C@@H]1CCN2C(=O)c3coc(n3)CC(=O)C[C@H](O)/C=C(C)/C=C/CNC(=O)/C=C/[C@@H](C)[C@@H](C(C)C)OC(=O)[C@@H]12.CN[C@@H]1[C@H](O)[C@H](NC)[C@H]2O[C@@]3(O)C(=O)C[C@@H](C)O[C@H]3O[C@@H]2[C@H]1O. The molecular weight excluding hydrogens is 949 g/mol. The molecule has 0 radical (unpaired) electrons. The molecule has 14 atom stereocenters. The van der Waals surface area contributed by atoms with Gasteiger partial charge in [0.2, 0.25) is 18.1 Å². The minimum atomic E-state index is -3.87. The van der Waals surface area contributed by atoms with E-state index < -0.39 is 112 Å². The lowest BCUT2D eigenvalue weighted by Crippen LogP contribution is -2.77. The molecule has 4 aliphatic heterocycles. The number of esters is 1. The highest BCUT2D eigenvalue weighted by atomic mass is 32.2. The van der Waals surface area contributed by atoms with Crippen LogP contribution in [0.3, 0.4) is 0 Å². The number of ketones is 2. The Hall–Kier alpha value is -4.27. The van der Waals surface area contributed by atoms with Gasteiger partial charge in [0.25, 0.3) is 11.7 Å². The first-order valence-corrected chi connectivity index (χ1v) is 26.1. The number of fused-ring (bicyclic) bond motifs is 5. The molecule has 3 saturated heterocycles. The third-order valence-corrected chi connectivity index (χ3v) is 15.8. The number of ether oxygens (including phenoxy) is 4. The third-order valence-electron chi connectivity index (χ3n) is 13.6. The first-order valence-electron chi connectivity index (χ1n) is 24.3. The van der Waals surface area contributed by atoms with E-state index in [-0.39, 0.29) is 80.3 Å². The highest BCUT2D eigenvalue weighted by molar-refractivity contribution is 7.92. The Morgan fingerprint density at radius 1 is 0.972 bits per heavy atom. The minimum absolute atomic E-state index is 0.00220. The molecule has 6 rings (SSSR count). The monoisotopic (exact) mass is 1020 g/mol. The summed E-state index contributed by atoms with van der Waals surface area (Å²) in [5.41, 5.74) is 0.505. The molecule has 1 aliphatic carbocycles. The van der Waals surface area contributed by atoms with Crippen LogP contribution >= 0.6 is 0 Å². The van der Waals surface area contributed by atoms with Crippen LogP contribution in [0.1, 0.15) is 84.1 Å². The minimum Gasteiger partial charge on any atom is -0.460 e. The Morgan fingerprint density at radius 3 is 2.31 bits per heavy atom. The number of Topliss-reactive ketones (excluding diaryl/α,β-unsaturated/α-hetero) is 2. The smallest absolute Gasteiger partial charge is 0.330 e. The molecule has 7 N–H and O–H groups in total. The largest absolute Gasteiger partial charge is 0.460 e. The lowest BCUT2D eigenvalue weighted by Gasteiger charge is -2.55. The van der Waals surface area contributed by atoms with Crippen molar-refractivity contribution in [1.29, 1.82) is 0 Å². The van der Waals surface area contributed by atoms with E-state index in [1.807, 2.05) is 32.6 Å². The maximum atomic E-state index is 14.0. The zero-order valence-corrected chi connectivity index (χ0v) is 42.9. The van der Waals surface area contributed by atoms with E-state index in [4.69, 9.17) is 23.4 Å². The van der Waals surface area contributed by atoms with Crippen LogP contribution in [0, 0.1) is 11.8 Å². The lowest BCUT2D eigenvalue weighted by molar-refractivity contribution is -0.420.